The van der Waals surface area contributed by atoms with E-state index in [-0.39, 0.29) is 6.42 Å². The molecule has 0 aliphatic heterocycles. The first-order valence-corrected chi connectivity index (χ1v) is 6.06. The average Bonchev–Trinajstić information content (AvgIpc) is 2.07. The first-order chi connectivity index (χ1) is 7.94. The third-order valence-corrected chi connectivity index (χ3v) is 1.83. The Kier molecular flexibility index (Phi) is 5.80. The monoisotopic (exact) mass is 259 g/mol. The zero-order valence-corrected chi connectivity index (χ0v) is 12.4. The fourth-order valence-electron chi connectivity index (χ4n) is 1.23. The zero-order chi connectivity index (χ0) is 14.6. The fourth-order valence-corrected chi connectivity index (χ4v) is 1.23. The van der Waals surface area contributed by atoms with Crippen molar-refractivity contribution in [3.05, 3.63) is 0 Å². The molecule has 0 rings (SSSR count). The van der Waals surface area contributed by atoms with Crippen molar-refractivity contribution in [3.8, 4) is 0 Å². The van der Waals surface area contributed by atoms with Gasteiger partial charge in [-0.1, -0.05) is 0 Å². The summed E-state index contributed by atoms with van der Waals surface area (Å²) in [6.07, 6.45) is -0.0390. The van der Waals surface area contributed by atoms with Crippen molar-refractivity contribution >= 4 is 11.9 Å². The van der Waals surface area contributed by atoms with Crippen LogP contribution in [0.5, 0.6) is 0 Å². The van der Waals surface area contributed by atoms with Crippen molar-refractivity contribution in [1.82, 2.24) is 5.32 Å². The molecule has 106 valence electrons. The number of carbonyl (C=O) groups excluding carboxylic acids is 2. The molecule has 0 heterocycles. The van der Waals surface area contributed by atoms with Gasteiger partial charge in [-0.05, 0) is 48.6 Å². The Hall–Kier alpha value is -1.10. The Morgan fingerprint density at radius 1 is 1.00 bits per heavy atom. The number of ether oxygens (including phenoxy) is 2. The van der Waals surface area contributed by atoms with Crippen LogP contribution >= 0.6 is 0 Å². The van der Waals surface area contributed by atoms with Crippen molar-refractivity contribution in [3.63, 3.8) is 0 Å². The highest BCUT2D eigenvalue weighted by Crippen LogP contribution is 2.12. The quantitative estimate of drug-likeness (QED) is 0.778. The molecule has 5 heteroatoms. The maximum atomic E-state index is 11.8. The third-order valence-electron chi connectivity index (χ3n) is 1.83. The van der Waals surface area contributed by atoms with Gasteiger partial charge in [-0.25, -0.2) is 0 Å². The molecular formula is C13H25NO4. The van der Waals surface area contributed by atoms with Crippen molar-refractivity contribution in [1.29, 1.82) is 0 Å². The summed E-state index contributed by atoms with van der Waals surface area (Å²) in [6.45, 7) is 10.7. The van der Waals surface area contributed by atoms with E-state index >= 15 is 0 Å². The molecule has 0 spiro atoms. The number of nitrogens with one attached hydrogen (secondary N) is 1. The van der Waals surface area contributed by atoms with Crippen molar-refractivity contribution in [2.45, 2.75) is 65.2 Å². The van der Waals surface area contributed by atoms with Crippen molar-refractivity contribution in [2.24, 2.45) is 0 Å². The first-order valence-electron chi connectivity index (χ1n) is 6.06. The Labute approximate surface area is 109 Å². The normalized spacial score (nSPS) is 13.9. The highest BCUT2D eigenvalue weighted by Gasteiger charge is 2.28. The molecule has 1 atom stereocenters. The van der Waals surface area contributed by atoms with E-state index in [4.69, 9.17) is 9.47 Å². The topological polar surface area (TPSA) is 64.6 Å². The van der Waals surface area contributed by atoms with Crippen LogP contribution in [0.2, 0.25) is 0 Å². The van der Waals surface area contributed by atoms with Gasteiger partial charge in [-0.15, -0.1) is 0 Å². The number of esters is 2. The van der Waals surface area contributed by atoms with Gasteiger partial charge in [-0.3, -0.25) is 9.59 Å². The summed E-state index contributed by atoms with van der Waals surface area (Å²) in [4.78, 5) is 23.4. The molecule has 5 nitrogen and oxygen atoms in total. The van der Waals surface area contributed by atoms with Crippen LogP contribution in [-0.4, -0.2) is 36.2 Å². The second-order valence-electron chi connectivity index (χ2n) is 6.17. The number of hydrogen-bond acceptors (Lipinski definition) is 5. The Morgan fingerprint density at radius 3 is 1.78 bits per heavy atom. The Bertz CT molecular complexity index is 299. The van der Waals surface area contributed by atoms with E-state index in [9.17, 15) is 9.59 Å². The highest BCUT2D eigenvalue weighted by atomic mass is 16.6. The minimum Gasteiger partial charge on any atom is -0.460 e. The van der Waals surface area contributed by atoms with Crippen molar-refractivity contribution < 1.29 is 19.1 Å². The molecule has 0 saturated carbocycles. The summed E-state index contributed by atoms with van der Waals surface area (Å²) in [5, 5.41) is 2.77. The van der Waals surface area contributed by atoms with Gasteiger partial charge < -0.3 is 14.8 Å². The van der Waals surface area contributed by atoms with E-state index in [0.29, 0.717) is 0 Å². The molecule has 0 aromatic rings. The molecule has 0 fully saturated rings. The largest absolute Gasteiger partial charge is 0.460 e. The molecule has 0 aliphatic rings. The van der Waals surface area contributed by atoms with Crippen LogP contribution in [0.3, 0.4) is 0 Å². The van der Waals surface area contributed by atoms with Gasteiger partial charge in [0, 0.05) is 0 Å². The van der Waals surface area contributed by atoms with Gasteiger partial charge >= 0.3 is 11.9 Å². The molecular weight excluding hydrogens is 234 g/mol. The summed E-state index contributed by atoms with van der Waals surface area (Å²) in [6, 6.07) is -0.681. The maximum absolute atomic E-state index is 11.8. The SMILES string of the molecule is CNC(CC(=O)OC(C)(C)C)C(=O)OC(C)(C)C. The van der Waals surface area contributed by atoms with E-state index in [1.165, 1.54) is 0 Å². The second-order valence-corrected chi connectivity index (χ2v) is 6.17. The molecule has 1 N–H and O–H groups in total. The summed E-state index contributed by atoms with van der Waals surface area (Å²) >= 11 is 0. The van der Waals surface area contributed by atoms with Gasteiger partial charge in [0.2, 0.25) is 0 Å². The highest BCUT2D eigenvalue weighted by molar-refractivity contribution is 5.83. The summed E-state index contributed by atoms with van der Waals surface area (Å²) in [7, 11) is 1.61. The molecule has 0 aromatic heterocycles. The lowest BCUT2D eigenvalue weighted by atomic mass is 10.1. The van der Waals surface area contributed by atoms with Gasteiger partial charge in [0.25, 0.3) is 0 Å². The van der Waals surface area contributed by atoms with Crippen LogP contribution in [0.4, 0.5) is 0 Å². The van der Waals surface area contributed by atoms with E-state index in [2.05, 4.69) is 5.32 Å². The lowest BCUT2D eigenvalue weighted by molar-refractivity contribution is -0.164. The second kappa shape index (κ2) is 6.18. The van der Waals surface area contributed by atoms with Gasteiger partial charge in [0.1, 0.15) is 17.2 Å². The molecule has 18 heavy (non-hydrogen) atoms. The van der Waals surface area contributed by atoms with Gasteiger partial charge in [0.05, 0.1) is 6.42 Å². The van der Waals surface area contributed by atoms with Crippen LogP contribution in [0, 0.1) is 0 Å². The summed E-state index contributed by atoms with van der Waals surface area (Å²) < 4.78 is 10.4. The number of carbonyl (C=O) groups is 2. The van der Waals surface area contributed by atoms with Crippen LogP contribution < -0.4 is 5.32 Å². The van der Waals surface area contributed by atoms with Crippen molar-refractivity contribution in [2.75, 3.05) is 7.05 Å². The first kappa shape index (κ1) is 16.9. The van der Waals surface area contributed by atoms with Gasteiger partial charge in [-0.2, -0.15) is 0 Å². The molecule has 0 aromatic carbocycles. The minimum atomic E-state index is -0.681. The summed E-state index contributed by atoms with van der Waals surface area (Å²) in [5.74, 6) is -0.872. The van der Waals surface area contributed by atoms with E-state index < -0.39 is 29.2 Å². The van der Waals surface area contributed by atoms with E-state index in [1.54, 1.807) is 48.6 Å². The zero-order valence-electron chi connectivity index (χ0n) is 12.4. The lowest BCUT2D eigenvalue weighted by Gasteiger charge is -2.25. The van der Waals surface area contributed by atoms with Crippen LogP contribution in [0.15, 0.2) is 0 Å². The van der Waals surface area contributed by atoms with Gasteiger partial charge in [0.15, 0.2) is 0 Å². The Balaban J connectivity index is 4.44. The minimum absolute atomic E-state index is 0.0390. The number of likely N-dealkylation sites (N-methyl/N-ethyl adjacent to an activating group) is 1. The Morgan fingerprint density at radius 2 is 1.44 bits per heavy atom. The average molecular weight is 259 g/mol. The van der Waals surface area contributed by atoms with E-state index in [1.807, 2.05) is 0 Å². The molecule has 0 aliphatic carbocycles. The van der Waals surface area contributed by atoms with E-state index in [0.717, 1.165) is 0 Å². The third kappa shape index (κ3) is 8.06. The lowest BCUT2D eigenvalue weighted by Crippen LogP contribution is -2.42. The molecule has 0 saturated heterocycles. The predicted molar refractivity (Wildman–Crippen MR) is 69.2 cm³/mol. The van der Waals surface area contributed by atoms with Crippen LogP contribution in [-0.2, 0) is 19.1 Å². The molecule has 0 bridgehead atoms. The standard InChI is InChI=1S/C13H25NO4/c1-12(2,3)17-10(15)8-9(14-7)11(16)18-13(4,5)6/h9,14H,8H2,1-7H3. The number of rotatable bonds is 4. The molecule has 0 amide bonds. The van der Waals surface area contributed by atoms with Crippen LogP contribution in [0.25, 0.3) is 0 Å². The van der Waals surface area contributed by atoms with Crippen LogP contribution in [0.1, 0.15) is 48.0 Å². The molecule has 0 radical (unpaired) electrons. The summed E-state index contributed by atoms with van der Waals surface area (Å²) in [5.41, 5.74) is -1.12. The predicted octanol–water partition coefficient (Wildman–Crippen LogP) is 1.65. The maximum Gasteiger partial charge on any atom is 0.324 e. The molecule has 1 unspecified atom stereocenters. The number of hydrogen-bond donors (Lipinski definition) is 1. The smallest absolute Gasteiger partial charge is 0.324 e. The fraction of sp³-hybridized carbons (Fsp3) is 0.846.